The molecule has 0 radical (unpaired) electrons. The van der Waals surface area contributed by atoms with E-state index in [0.29, 0.717) is 11.4 Å². The van der Waals surface area contributed by atoms with Gasteiger partial charge in [-0.2, -0.15) is 0 Å². The van der Waals surface area contributed by atoms with Crippen LogP contribution in [0.2, 0.25) is 5.02 Å². The third kappa shape index (κ3) is 5.89. The third-order valence-electron chi connectivity index (χ3n) is 2.80. The van der Waals surface area contributed by atoms with Crippen molar-refractivity contribution >= 4 is 39.4 Å². The zero-order chi connectivity index (χ0) is 15.0. The lowest BCUT2D eigenvalue weighted by molar-refractivity contribution is -0.111. The Hall–Kier alpha value is -1.12. The minimum Gasteiger partial charge on any atom is -0.290 e. The molecule has 0 N–H and O–H groups in total. The molecule has 0 aliphatic rings. The molecule has 0 heterocycles. The Labute approximate surface area is 134 Å². The number of hydrogen-bond acceptors (Lipinski definition) is 1. The number of halogens is 2. The van der Waals surface area contributed by atoms with E-state index < -0.39 is 0 Å². The minimum atomic E-state index is 0.0371. The molecule has 1 rings (SSSR count). The number of allylic oxidation sites excluding steroid dienone is 5. The van der Waals surface area contributed by atoms with Gasteiger partial charge in [-0.15, -0.1) is 0 Å². The van der Waals surface area contributed by atoms with Crippen LogP contribution in [0.4, 0.5) is 0 Å². The Morgan fingerprint density at radius 1 is 1.15 bits per heavy atom. The molecule has 1 nitrogen and oxygen atoms in total. The van der Waals surface area contributed by atoms with E-state index in [4.69, 9.17) is 11.6 Å². The maximum Gasteiger partial charge on any atom is 0.181 e. The van der Waals surface area contributed by atoms with Crippen molar-refractivity contribution in [2.75, 3.05) is 0 Å². The lowest BCUT2D eigenvalue weighted by Crippen LogP contribution is -1.96. The molecule has 0 aromatic heterocycles. The lowest BCUT2D eigenvalue weighted by Gasteiger charge is -1.99. The molecule has 0 atom stereocenters. The van der Waals surface area contributed by atoms with Crippen LogP contribution >= 0.6 is 27.5 Å². The molecule has 106 valence electrons. The summed E-state index contributed by atoms with van der Waals surface area (Å²) in [6, 6.07) is 7.39. The number of benzene rings is 1. The van der Waals surface area contributed by atoms with Crippen LogP contribution in [-0.4, -0.2) is 5.78 Å². The Morgan fingerprint density at radius 3 is 2.35 bits per heavy atom. The molecule has 0 fully saturated rings. The van der Waals surface area contributed by atoms with Crippen molar-refractivity contribution in [3.63, 3.8) is 0 Å². The monoisotopic (exact) mass is 352 g/mol. The van der Waals surface area contributed by atoms with Gasteiger partial charge in [-0.25, -0.2) is 0 Å². The fourth-order valence-electron chi connectivity index (χ4n) is 1.54. The molecule has 0 unspecified atom stereocenters. The highest BCUT2D eigenvalue weighted by atomic mass is 79.9. The van der Waals surface area contributed by atoms with Crippen LogP contribution in [0.5, 0.6) is 0 Å². The van der Waals surface area contributed by atoms with E-state index in [-0.39, 0.29) is 5.78 Å². The van der Waals surface area contributed by atoms with Gasteiger partial charge in [0.2, 0.25) is 0 Å². The average molecular weight is 354 g/mol. The van der Waals surface area contributed by atoms with Gasteiger partial charge < -0.3 is 0 Å². The number of carbonyl (C=O) groups is 1. The summed E-state index contributed by atoms with van der Waals surface area (Å²) in [7, 11) is 0. The topological polar surface area (TPSA) is 17.1 Å². The molecule has 0 bridgehead atoms. The second-order valence-electron chi connectivity index (χ2n) is 4.26. The predicted molar refractivity (Wildman–Crippen MR) is 91.2 cm³/mol. The van der Waals surface area contributed by atoms with Gasteiger partial charge in [0.25, 0.3) is 0 Å². The molecule has 1 aromatic carbocycles. The SMILES string of the molecule is CC/C(Br)=C\C=C(/CC)C(=O)/C=C/c1ccc(Cl)cc1. The molecule has 3 heteroatoms. The van der Waals surface area contributed by atoms with Crippen molar-refractivity contribution < 1.29 is 4.79 Å². The Morgan fingerprint density at radius 2 is 1.80 bits per heavy atom. The van der Waals surface area contributed by atoms with Crippen LogP contribution < -0.4 is 0 Å². The maximum atomic E-state index is 12.1. The van der Waals surface area contributed by atoms with Crippen molar-refractivity contribution in [3.8, 4) is 0 Å². The first-order chi connectivity index (χ1) is 9.56. The highest BCUT2D eigenvalue weighted by Crippen LogP contribution is 2.13. The molecule has 0 saturated heterocycles. The molecule has 0 spiro atoms. The van der Waals surface area contributed by atoms with E-state index in [1.54, 1.807) is 12.2 Å². The van der Waals surface area contributed by atoms with E-state index in [2.05, 4.69) is 22.9 Å². The van der Waals surface area contributed by atoms with Crippen LogP contribution in [-0.2, 0) is 4.79 Å². The first-order valence-electron chi connectivity index (χ1n) is 6.60. The van der Waals surface area contributed by atoms with Gasteiger partial charge in [-0.3, -0.25) is 4.79 Å². The van der Waals surface area contributed by atoms with Crippen LogP contribution in [0, 0.1) is 0 Å². The van der Waals surface area contributed by atoms with E-state index in [9.17, 15) is 4.79 Å². The summed E-state index contributed by atoms with van der Waals surface area (Å²) in [6.07, 6.45) is 8.86. The van der Waals surface area contributed by atoms with Gasteiger partial charge in [0, 0.05) is 5.02 Å². The van der Waals surface area contributed by atoms with Gasteiger partial charge in [0.15, 0.2) is 5.78 Å². The summed E-state index contributed by atoms with van der Waals surface area (Å²) >= 11 is 9.26. The summed E-state index contributed by atoms with van der Waals surface area (Å²) < 4.78 is 1.08. The molecule has 1 aromatic rings. The molecule has 0 aliphatic carbocycles. The summed E-state index contributed by atoms with van der Waals surface area (Å²) in [5.41, 5.74) is 1.75. The van der Waals surface area contributed by atoms with Crippen molar-refractivity contribution in [1.29, 1.82) is 0 Å². The summed E-state index contributed by atoms with van der Waals surface area (Å²) in [4.78, 5) is 12.1. The Kier molecular flexibility index (Phi) is 7.56. The molecular weight excluding hydrogens is 336 g/mol. The fourth-order valence-corrected chi connectivity index (χ4v) is 1.79. The second kappa shape index (κ2) is 8.93. The van der Waals surface area contributed by atoms with Gasteiger partial charge >= 0.3 is 0 Å². The van der Waals surface area contributed by atoms with E-state index >= 15 is 0 Å². The van der Waals surface area contributed by atoms with E-state index in [1.807, 2.05) is 43.3 Å². The zero-order valence-electron chi connectivity index (χ0n) is 11.7. The molecular formula is C17H18BrClO. The van der Waals surface area contributed by atoms with Crippen molar-refractivity contribution in [1.82, 2.24) is 0 Å². The normalized spacial score (nSPS) is 13.0. The van der Waals surface area contributed by atoms with Gasteiger partial charge in [-0.05, 0) is 46.7 Å². The Bertz CT molecular complexity index is 539. The molecule has 0 aliphatic heterocycles. The summed E-state index contributed by atoms with van der Waals surface area (Å²) in [5.74, 6) is 0.0371. The van der Waals surface area contributed by atoms with Crippen molar-refractivity contribution in [2.24, 2.45) is 0 Å². The lowest BCUT2D eigenvalue weighted by atomic mass is 10.1. The zero-order valence-corrected chi connectivity index (χ0v) is 14.0. The molecule has 0 saturated carbocycles. The largest absolute Gasteiger partial charge is 0.290 e. The van der Waals surface area contributed by atoms with E-state index in [0.717, 1.165) is 22.0 Å². The van der Waals surface area contributed by atoms with Crippen molar-refractivity contribution in [2.45, 2.75) is 26.7 Å². The molecule has 0 amide bonds. The van der Waals surface area contributed by atoms with Crippen LogP contribution in [0.3, 0.4) is 0 Å². The highest BCUT2D eigenvalue weighted by molar-refractivity contribution is 9.11. The van der Waals surface area contributed by atoms with Crippen molar-refractivity contribution in [3.05, 3.63) is 63.1 Å². The van der Waals surface area contributed by atoms with Gasteiger partial charge in [-0.1, -0.05) is 71.7 Å². The highest BCUT2D eigenvalue weighted by Gasteiger charge is 2.02. The summed E-state index contributed by atoms with van der Waals surface area (Å²) in [5, 5.41) is 0.692. The van der Waals surface area contributed by atoms with Crippen LogP contribution in [0.15, 0.2) is 52.5 Å². The first-order valence-corrected chi connectivity index (χ1v) is 7.77. The smallest absolute Gasteiger partial charge is 0.181 e. The van der Waals surface area contributed by atoms with Gasteiger partial charge in [0.05, 0.1) is 0 Å². The third-order valence-corrected chi connectivity index (χ3v) is 3.87. The average Bonchev–Trinajstić information content (AvgIpc) is 2.47. The van der Waals surface area contributed by atoms with Crippen LogP contribution in [0.25, 0.3) is 6.08 Å². The van der Waals surface area contributed by atoms with Crippen LogP contribution in [0.1, 0.15) is 32.3 Å². The van der Waals surface area contributed by atoms with E-state index in [1.165, 1.54) is 0 Å². The second-order valence-corrected chi connectivity index (χ2v) is 5.72. The number of hydrogen-bond donors (Lipinski definition) is 0. The standard InChI is InChI=1S/C17H18BrClO/c1-3-14(8-9-15(18)4-2)17(20)12-7-13-5-10-16(19)11-6-13/h5-12H,3-4H2,1-2H3/b12-7+,14-8+,15-9+. The number of ketones is 1. The Balaban J connectivity index is 2.80. The maximum absolute atomic E-state index is 12.1. The fraction of sp³-hybridized carbons (Fsp3) is 0.235. The molecule has 20 heavy (non-hydrogen) atoms. The quantitative estimate of drug-likeness (QED) is 0.456. The predicted octanol–water partition coefficient (Wildman–Crippen LogP) is 5.95. The number of carbonyl (C=O) groups excluding carboxylic acids is 1. The first kappa shape index (κ1) is 16.9. The minimum absolute atomic E-state index is 0.0371. The number of rotatable bonds is 6. The van der Waals surface area contributed by atoms with Gasteiger partial charge in [0.1, 0.15) is 0 Å². The summed E-state index contributed by atoms with van der Waals surface area (Å²) in [6.45, 7) is 4.04.